The number of benzene rings is 6. The molecule has 3 N–H and O–H groups in total. The fourth-order valence-electron chi connectivity index (χ4n) is 15.7. The Morgan fingerprint density at radius 1 is 0.676 bits per heavy atom. The molecule has 582 valence electrons. The number of aliphatic hydroxyl groups excluding tert-OH is 1. The SMILES string of the molecule is COc1ccc(C2=CN3C(=O)c4cc(OC)c(OCCCCCOc5cc6c(cc5OC)C(=O)N5CC7(CC7)C[C@H]5[C@H](O)N6C(=O)OCc5ccc(CC(=O)[C@H](C)NC(=O)[C@@H](CC(=O)CNC(=O)CCC(=O)CCC(=O)N6Cc7ccccc7-c7nnn(C(C)C)c7-c7ccccc76)C(C)C)cc5)cc4CC[C@@H]3C2)cc1. The number of fused-ring (bicyclic) bond motifs is 9. The van der Waals surface area contributed by atoms with E-state index in [-0.39, 0.29) is 140 Å². The number of nitrogens with one attached hydrogen (secondary N) is 2. The molecule has 1 aromatic heterocycles. The van der Waals surface area contributed by atoms with Gasteiger partial charge in [-0.3, -0.25) is 38.4 Å². The highest BCUT2D eigenvalue weighted by Crippen LogP contribution is 2.57. The molecule has 7 aromatic rings. The molecule has 6 heterocycles. The van der Waals surface area contributed by atoms with Crippen LogP contribution in [-0.2, 0) is 59.5 Å². The quantitative estimate of drug-likeness (QED) is 0.0340. The first kappa shape index (κ1) is 77.9. The van der Waals surface area contributed by atoms with Gasteiger partial charge in [-0.25, -0.2) is 14.4 Å². The molecular formula is C86H97N9O16. The van der Waals surface area contributed by atoms with Crippen molar-refractivity contribution in [2.24, 2.45) is 17.3 Å². The minimum Gasteiger partial charge on any atom is -0.497 e. The minimum absolute atomic E-state index is 0.0143. The number of unbranched alkanes of at least 4 members (excludes halogenated alkanes) is 2. The molecule has 111 heavy (non-hydrogen) atoms. The number of ketones is 3. The Labute approximate surface area is 645 Å². The van der Waals surface area contributed by atoms with E-state index in [1.807, 2.05) is 108 Å². The van der Waals surface area contributed by atoms with Crippen LogP contribution < -0.4 is 44.1 Å². The molecule has 0 unspecified atom stereocenters. The lowest BCUT2D eigenvalue weighted by molar-refractivity contribution is -0.133. The number of aryl methyl sites for hydroxylation is 1. The van der Waals surface area contributed by atoms with E-state index in [2.05, 4.69) is 20.9 Å². The van der Waals surface area contributed by atoms with E-state index in [1.54, 1.807) is 87.3 Å². The van der Waals surface area contributed by atoms with Gasteiger partial charge in [0.05, 0.1) is 82.3 Å². The number of hydrogen-bond acceptors (Lipinski definition) is 18. The van der Waals surface area contributed by atoms with Crippen molar-refractivity contribution in [1.29, 1.82) is 0 Å². The molecule has 5 atom stereocenters. The Kier molecular flexibility index (Phi) is 23.8. The second-order valence-electron chi connectivity index (χ2n) is 30.6. The molecule has 5 aliphatic heterocycles. The summed E-state index contributed by atoms with van der Waals surface area (Å²) >= 11 is 0. The molecule has 6 aromatic carbocycles. The van der Waals surface area contributed by atoms with Gasteiger partial charge in [-0.1, -0.05) is 97.9 Å². The molecular weight excluding hydrogens is 1410 g/mol. The van der Waals surface area contributed by atoms with Crippen LogP contribution in [0.15, 0.2) is 128 Å². The highest BCUT2D eigenvalue weighted by Gasteiger charge is 2.58. The number of aromatic nitrogens is 3. The van der Waals surface area contributed by atoms with E-state index in [9.17, 15) is 48.3 Å². The maximum Gasteiger partial charge on any atom is 0.416 e. The molecule has 1 saturated heterocycles. The highest BCUT2D eigenvalue weighted by atomic mass is 16.6. The van der Waals surface area contributed by atoms with E-state index in [4.69, 9.17) is 28.4 Å². The average molecular weight is 1510 g/mol. The van der Waals surface area contributed by atoms with Crippen molar-refractivity contribution in [3.63, 3.8) is 0 Å². The van der Waals surface area contributed by atoms with Crippen molar-refractivity contribution in [1.82, 2.24) is 35.4 Å². The number of Topliss-reactive ketones (excluding diaryl/α,β-unsaturated/α-hetero) is 3. The number of carbonyl (C=O) groups is 9. The summed E-state index contributed by atoms with van der Waals surface area (Å²) in [5.41, 5.74) is 9.71. The summed E-state index contributed by atoms with van der Waals surface area (Å²) in [6.45, 7) is 9.90. The van der Waals surface area contributed by atoms with E-state index >= 15 is 0 Å². The van der Waals surface area contributed by atoms with Gasteiger partial charge >= 0.3 is 6.09 Å². The number of nitrogens with zero attached hydrogens (tertiary/aromatic N) is 7. The van der Waals surface area contributed by atoms with Gasteiger partial charge in [0.2, 0.25) is 17.7 Å². The lowest BCUT2D eigenvalue weighted by Gasteiger charge is -2.31. The van der Waals surface area contributed by atoms with Crippen molar-refractivity contribution in [3.8, 4) is 51.3 Å². The zero-order valence-corrected chi connectivity index (χ0v) is 64.2. The highest BCUT2D eigenvalue weighted by molar-refractivity contribution is 6.07. The third-order valence-corrected chi connectivity index (χ3v) is 22.3. The number of carbonyl (C=O) groups excluding carboxylic acids is 9. The maximum absolute atomic E-state index is 14.5. The van der Waals surface area contributed by atoms with Crippen molar-refractivity contribution in [2.75, 3.05) is 57.4 Å². The predicted molar refractivity (Wildman–Crippen MR) is 414 cm³/mol. The number of aliphatic hydroxyl groups is 1. The van der Waals surface area contributed by atoms with Crippen LogP contribution in [0.1, 0.15) is 173 Å². The van der Waals surface area contributed by atoms with Gasteiger partial charge in [0.25, 0.3) is 11.8 Å². The second kappa shape index (κ2) is 34.0. The van der Waals surface area contributed by atoms with E-state index in [1.165, 1.54) is 7.11 Å². The van der Waals surface area contributed by atoms with E-state index in [0.717, 1.165) is 81.1 Å². The van der Waals surface area contributed by atoms with E-state index in [0.29, 0.717) is 79.1 Å². The smallest absolute Gasteiger partial charge is 0.416 e. The van der Waals surface area contributed by atoms with Crippen LogP contribution in [0.4, 0.5) is 16.2 Å². The summed E-state index contributed by atoms with van der Waals surface area (Å²) in [4.78, 5) is 130. The Morgan fingerprint density at radius 3 is 2.05 bits per heavy atom. The van der Waals surface area contributed by atoms with Crippen molar-refractivity contribution >= 4 is 69.9 Å². The first-order chi connectivity index (χ1) is 53.5. The molecule has 25 nitrogen and oxygen atoms in total. The molecule has 2 fully saturated rings. The van der Waals surface area contributed by atoms with Crippen LogP contribution >= 0.6 is 0 Å². The number of anilines is 2. The number of methoxy groups -OCH3 is 3. The van der Waals surface area contributed by atoms with Gasteiger partial charge in [-0.2, -0.15) is 0 Å². The monoisotopic (exact) mass is 1510 g/mol. The Morgan fingerprint density at radius 2 is 1.35 bits per heavy atom. The summed E-state index contributed by atoms with van der Waals surface area (Å²) in [5.74, 6) is -1.48. The number of amides is 6. The molecule has 1 saturated carbocycles. The van der Waals surface area contributed by atoms with Gasteiger partial charge in [0, 0.05) is 92.0 Å². The third kappa shape index (κ3) is 17.2. The van der Waals surface area contributed by atoms with Gasteiger partial charge in [-0.05, 0) is 160 Å². The molecule has 6 aliphatic rings. The second-order valence-corrected chi connectivity index (χ2v) is 30.6. The lowest BCUT2D eigenvalue weighted by atomic mass is 9.89. The van der Waals surface area contributed by atoms with Gasteiger partial charge in [-0.15, -0.1) is 5.10 Å². The fourth-order valence-corrected chi connectivity index (χ4v) is 15.7. The van der Waals surface area contributed by atoms with Crippen LogP contribution in [0.25, 0.3) is 28.1 Å². The van der Waals surface area contributed by atoms with E-state index < -0.39 is 47.9 Å². The molecule has 0 radical (unpaired) electrons. The molecule has 13 rings (SSSR count). The molecule has 25 heteroatoms. The normalized spacial score (nSPS) is 17.6. The summed E-state index contributed by atoms with van der Waals surface area (Å²) in [6, 6.07) is 35.2. The van der Waals surface area contributed by atoms with Crippen molar-refractivity contribution in [3.05, 3.63) is 166 Å². The maximum atomic E-state index is 14.5. The number of para-hydroxylation sites is 1. The number of rotatable bonds is 31. The Bertz CT molecular complexity index is 4740. The van der Waals surface area contributed by atoms with Crippen LogP contribution in [0, 0.1) is 17.3 Å². The minimum atomic E-state index is -1.46. The van der Waals surface area contributed by atoms with Crippen molar-refractivity contribution in [2.45, 2.75) is 174 Å². The molecule has 0 bridgehead atoms. The summed E-state index contributed by atoms with van der Waals surface area (Å²) in [6.07, 6.45) is 5.39. The number of hydrogen-bond donors (Lipinski definition) is 3. The predicted octanol–water partition coefficient (Wildman–Crippen LogP) is 12.2. The first-order valence-corrected chi connectivity index (χ1v) is 38.5. The van der Waals surface area contributed by atoms with Crippen LogP contribution in [0.3, 0.4) is 0 Å². The molecule has 6 amide bonds. The summed E-state index contributed by atoms with van der Waals surface area (Å²) < 4.78 is 37.3. The zero-order chi connectivity index (χ0) is 78.4. The first-order valence-electron chi connectivity index (χ1n) is 38.5. The van der Waals surface area contributed by atoms with Gasteiger partial charge < -0.3 is 58.9 Å². The molecule has 1 aliphatic carbocycles. The standard InChI is InChI=1S/C86H97N9O16/c1-51(2)66(41-62(97)46-87-77(99)32-28-61(96)29-33-78(100)92-47-58-16-10-11-17-64(58)79-80(95(52(3)4)90-89-79)65-18-12-13-19-69(65)92)81(101)88-53(5)72(98)38-54-20-22-55(23-21-54)49-111-85(105)94-70-44-76(74(108-8)43-68(70)83(103)93-50-86(34-35-86)45-71(93)84(94)104)110-37-15-9-14-36-109-75-40-57-24-27-60-39-59(56-25-30-63(106-6)31-26-56)48-91(60)82(102)67(57)42-73(75)107-7/h10-13,16-23,25-26,30-31,40,42-44,48,51-53,60,66,71,84,104H,9,14-15,24,27-29,32-39,41,45-47,49-50H2,1-8H3,(H,87,99)(H,88,101)/t53-,60+,66-,71-,84-/m0/s1. The average Bonchev–Trinajstić information content (AvgIpc) is 1.58. The van der Waals surface area contributed by atoms with Crippen LogP contribution in [-0.4, -0.2) is 155 Å². The van der Waals surface area contributed by atoms with Crippen molar-refractivity contribution < 1.29 is 76.7 Å². The molecule has 1 spiro atoms. The Balaban J connectivity index is 0.557. The Hall–Kier alpha value is -11.2. The topological polar surface area (TPSA) is 297 Å². The summed E-state index contributed by atoms with van der Waals surface area (Å²) in [5, 5.41) is 26.6. The largest absolute Gasteiger partial charge is 0.497 e. The van der Waals surface area contributed by atoms with Crippen LogP contribution in [0.2, 0.25) is 0 Å². The van der Waals surface area contributed by atoms with Gasteiger partial charge in [0.1, 0.15) is 23.8 Å². The van der Waals surface area contributed by atoms with Crippen LogP contribution in [0.5, 0.6) is 28.7 Å². The lowest BCUT2D eigenvalue weighted by Crippen LogP contribution is -2.50. The fraction of sp³-hybridized carbons (Fsp3) is 0.430. The third-order valence-electron chi connectivity index (χ3n) is 22.3. The summed E-state index contributed by atoms with van der Waals surface area (Å²) in [7, 11) is 4.67. The van der Waals surface area contributed by atoms with Gasteiger partial charge in [0.15, 0.2) is 40.8 Å². The number of ether oxygens (including phenoxy) is 6. The zero-order valence-electron chi connectivity index (χ0n) is 64.2.